The van der Waals surface area contributed by atoms with Crippen molar-refractivity contribution in [1.82, 2.24) is 14.6 Å². The molecule has 0 aliphatic rings. The Bertz CT molecular complexity index is 546. The van der Waals surface area contributed by atoms with Gasteiger partial charge in [0, 0.05) is 5.69 Å². The quantitative estimate of drug-likeness (QED) is 0.822. The van der Waals surface area contributed by atoms with Crippen LogP contribution in [0, 0.1) is 0 Å². The van der Waals surface area contributed by atoms with Crippen molar-refractivity contribution in [3.8, 4) is 0 Å². The maximum atomic E-state index is 6.00. The van der Waals surface area contributed by atoms with Gasteiger partial charge >= 0.3 is 0 Å². The molecule has 0 saturated heterocycles. The molecule has 0 aromatic carbocycles. The van der Waals surface area contributed by atoms with Crippen molar-refractivity contribution in [1.29, 1.82) is 0 Å². The fourth-order valence-corrected chi connectivity index (χ4v) is 2.08. The summed E-state index contributed by atoms with van der Waals surface area (Å²) in [5, 5.41) is 4.32. The molecule has 2 aromatic heterocycles. The number of nitrogens with zero attached hydrogens (tertiary/aromatic N) is 3. The third kappa shape index (κ3) is 1.88. The third-order valence-electron chi connectivity index (χ3n) is 3.01. The van der Waals surface area contributed by atoms with Crippen LogP contribution in [0.1, 0.15) is 51.8 Å². The zero-order valence-corrected chi connectivity index (χ0v) is 11.2. The summed E-state index contributed by atoms with van der Waals surface area (Å²) in [6, 6.07) is 2.20. The molecular formula is C13H20N4. The lowest BCUT2D eigenvalue weighted by Crippen LogP contribution is -2.12. The van der Waals surface area contributed by atoms with Crippen LogP contribution < -0.4 is 5.73 Å². The molecule has 0 bridgehead atoms. The molecule has 0 fully saturated rings. The van der Waals surface area contributed by atoms with Gasteiger partial charge in [-0.05, 0) is 23.0 Å². The van der Waals surface area contributed by atoms with Crippen molar-refractivity contribution in [3.05, 3.63) is 23.7 Å². The van der Waals surface area contributed by atoms with Crippen LogP contribution in [0.15, 0.2) is 12.4 Å². The molecule has 92 valence electrons. The monoisotopic (exact) mass is 232 g/mol. The molecule has 2 aromatic rings. The normalized spacial score (nSPS) is 12.6. The number of aromatic nitrogens is 3. The summed E-state index contributed by atoms with van der Waals surface area (Å²) in [6.45, 7) is 10.9. The Morgan fingerprint density at radius 3 is 2.47 bits per heavy atom. The summed E-state index contributed by atoms with van der Waals surface area (Å²) in [4.78, 5) is 4.10. The maximum Gasteiger partial charge on any atom is 0.151 e. The first-order valence-corrected chi connectivity index (χ1v) is 5.95. The van der Waals surface area contributed by atoms with Crippen molar-refractivity contribution in [2.24, 2.45) is 0 Å². The maximum absolute atomic E-state index is 6.00. The van der Waals surface area contributed by atoms with Crippen LogP contribution in [0.4, 0.5) is 5.82 Å². The summed E-state index contributed by atoms with van der Waals surface area (Å²) in [5.41, 5.74) is 9.37. The molecular weight excluding hydrogens is 212 g/mol. The van der Waals surface area contributed by atoms with E-state index in [0.717, 1.165) is 5.52 Å². The number of fused-ring (bicyclic) bond motifs is 1. The molecule has 2 heterocycles. The summed E-state index contributed by atoms with van der Waals surface area (Å²) in [7, 11) is 0. The molecule has 2 N–H and O–H groups in total. The highest BCUT2D eigenvalue weighted by Gasteiger charge is 2.23. The van der Waals surface area contributed by atoms with Crippen molar-refractivity contribution >= 4 is 11.3 Å². The molecule has 4 nitrogen and oxygen atoms in total. The molecule has 2 rings (SSSR count). The van der Waals surface area contributed by atoms with Crippen molar-refractivity contribution in [3.63, 3.8) is 0 Å². The van der Waals surface area contributed by atoms with Crippen molar-refractivity contribution in [2.75, 3.05) is 5.73 Å². The number of nitrogen functional groups attached to an aromatic ring is 1. The van der Waals surface area contributed by atoms with Gasteiger partial charge in [0.1, 0.15) is 11.8 Å². The Hall–Kier alpha value is -1.58. The predicted molar refractivity (Wildman–Crippen MR) is 70.2 cm³/mol. The highest BCUT2D eigenvalue weighted by atomic mass is 15.3. The average molecular weight is 232 g/mol. The molecule has 0 aliphatic carbocycles. The van der Waals surface area contributed by atoms with Gasteiger partial charge in [-0.3, -0.25) is 0 Å². The van der Waals surface area contributed by atoms with E-state index < -0.39 is 0 Å². The molecule has 0 spiro atoms. The summed E-state index contributed by atoms with van der Waals surface area (Å²) in [6.07, 6.45) is 1.51. The van der Waals surface area contributed by atoms with E-state index in [1.165, 1.54) is 17.6 Å². The van der Waals surface area contributed by atoms with E-state index >= 15 is 0 Å². The second-order valence-corrected chi connectivity index (χ2v) is 5.79. The first kappa shape index (κ1) is 11.9. The van der Waals surface area contributed by atoms with Gasteiger partial charge in [-0.2, -0.15) is 5.10 Å². The van der Waals surface area contributed by atoms with Gasteiger partial charge in [-0.15, -0.1) is 0 Å². The summed E-state index contributed by atoms with van der Waals surface area (Å²) >= 11 is 0. The van der Waals surface area contributed by atoms with Crippen LogP contribution in [0.2, 0.25) is 0 Å². The Morgan fingerprint density at radius 1 is 1.29 bits per heavy atom. The number of hydrogen-bond donors (Lipinski definition) is 1. The highest BCUT2D eigenvalue weighted by molar-refractivity contribution is 5.72. The third-order valence-corrected chi connectivity index (χ3v) is 3.01. The molecule has 0 atom stereocenters. The van der Waals surface area contributed by atoms with Crippen LogP contribution in [0.25, 0.3) is 5.52 Å². The van der Waals surface area contributed by atoms with E-state index in [4.69, 9.17) is 5.73 Å². The van der Waals surface area contributed by atoms with Gasteiger partial charge in [0.15, 0.2) is 5.82 Å². The van der Waals surface area contributed by atoms with Gasteiger partial charge in [0.05, 0.1) is 0 Å². The van der Waals surface area contributed by atoms with E-state index in [-0.39, 0.29) is 5.41 Å². The molecule has 0 amide bonds. The minimum absolute atomic E-state index is 0.0389. The van der Waals surface area contributed by atoms with Crippen LogP contribution in [0.3, 0.4) is 0 Å². The fraction of sp³-hybridized carbons (Fsp3) is 0.538. The zero-order chi connectivity index (χ0) is 12.8. The second-order valence-electron chi connectivity index (χ2n) is 5.79. The van der Waals surface area contributed by atoms with Crippen LogP contribution in [0.5, 0.6) is 0 Å². The minimum atomic E-state index is 0.0389. The molecule has 4 heteroatoms. The van der Waals surface area contributed by atoms with Crippen molar-refractivity contribution < 1.29 is 0 Å². The molecule has 0 saturated carbocycles. The second kappa shape index (κ2) is 3.72. The highest BCUT2D eigenvalue weighted by Crippen LogP contribution is 2.33. The Morgan fingerprint density at radius 2 is 1.94 bits per heavy atom. The number of anilines is 1. The lowest BCUT2D eigenvalue weighted by molar-refractivity contribution is 0.595. The summed E-state index contributed by atoms with van der Waals surface area (Å²) in [5.74, 6) is 0.963. The predicted octanol–water partition coefficient (Wildman–Crippen LogP) is 2.73. The number of hydrogen-bond acceptors (Lipinski definition) is 3. The Balaban J connectivity index is 2.86. The van der Waals surface area contributed by atoms with E-state index in [1.807, 2.05) is 4.52 Å². The van der Waals surface area contributed by atoms with Crippen LogP contribution in [-0.4, -0.2) is 14.6 Å². The van der Waals surface area contributed by atoms with E-state index in [9.17, 15) is 0 Å². The van der Waals surface area contributed by atoms with Crippen molar-refractivity contribution in [2.45, 2.75) is 46.0 Å². The number of nitrogens with two attached hydrogens (primary N) is 1. The van der Waals surface area contributed by atoms with Crippen LogP contribution >= 0.6 is 0 Å². The SMILES string of the molecule is CC(C)c1cc(C(C)(C)C)c2c(N)ncnn12. The van der Waals surface area contributed by atoms with E-state index in [1.54, 1.807) is 0 Å². The standard InChI is InChI=1S/C13H20N4/c1-8(2)10-6-9(13(3,4)5)11-12(14)15-7-16-17(10)11/h6-8H,1-5H3,(H2,14,15,16). The average Bonchev–Trinajstić information content (AvgIpc) is 2.57. The minimum Gasteiger partial charge on any atom is -0.382 e. The van der Waals surface area contributed by atoms with Crippen LogP contribution in [-0.2, 0) is 5.41 Å². The lowest BCUT2D eigenvalue weighted by Gasteiger charge is -2.17. The lowest BCUT2D eigenvalue weighted by atomic mass is 9.87. The van der Waals surface area contributed by atoms with Gasteiger partial charge in [-0.1, -0.05) is 34.6 Å². The fourth-order valence-electron chi connectivity index (χ4n) is 2.08. The first-order chi connectivity index (χ1) is 7.82. The molecule has 0 aliphatic heterocycles. The van der Waals surface area contributed by atoms with Gasteiger partial charge in [0.2, 0.25) is 0 Å². The topological polar surface area (TPSA) is 56.2 Å². The Kier molecular flexibility index (Phi) is 2.60. The van der Waals surface area contributed by atoms with Gasteiger partial charge in [-0.25, -0.2) is 9.50 Å². The largest absolute Gasteiger partial charge is 0.382 e. The summed E-state index contributed by atoms with van der Waals surface area (Å²) < 4.78 is 1.92. The molecule has 0 unspecified atom stereocenters. The van der Waals surface area contributed by atoms with Gasteiger partial charge in [0.25, 0.3) is 0 Å². The molecule has 17 heavy (non-hydrogen) atoms. The first-order valence-electron chi connectivity index (χ1n) is 5.95. The Labute approximate surface area is 102 Å². The smallest absolute Gasteiger partial charge is 0.151 e. The zero-order valence-electron chi connectivity index (χ0n) is 11.2. The van der Waals surface area contributed by atoms with Gasteiger partial charge < -0.3 is 5.73 Å². The van der Waals surface area contributed by atoms with E-state index in [0.29, 0.717) is 11.7 Å². The molecule has 0 radical (unpaired) electrons. The van der Waals surface area contributed by atoms with E-state index in [2.05, 4.69) is 50.8 Å². The number of rotatable bonds is 1.